The summed E-state index contributed by atoms with van der Waals surface area (Å²) in [6.45, 7) is 4.79. The van der Waals surface area contributed by atoms with Crippen molar-refractivity contribution in [3.8, 4) is 5.75 Å². The molecular formula is C14H21N3O3. The number of hydrogen-bond donors (Lipinski definition) is 2. The summed E-state index contributed by atoms with van der Waals surface area (Å²) in [5.74, 6) is 0.351. The maximum Gasteiger partial charge on any atom is 0.255 e. The molecule has 2 rings (SSSR count). The van der Waals surface area contributed by atoms with Gasteiger partial charge in [0, 0.05) is 37.9 Å². The first-order valence-electron chi connectivity index (χ1n) is 6.72. The van der Waals surface area contributed by atoms with Crippen LogP contribution in [-0.2, 0) is 4.74 Å². The number of rotatable bonds is 5. The lowest BCUT2D eigenvalue weighted by Gasteiger charge is -2.26. The Labute approximate surface area is 118 Å². The van der Waals surface area contributed by atoms with Crippen LogP contribution in [0.4, 0.5) is 5.69 Å². The molecule has 1 aromatic rings. The number of nitrogens with two attached hydrogens (primary N) is 1. The molecular weight excluding hydrogens is 258 g/mol. The zero-order valence-corrected chi connectivity index (χ0v) is 11.7. The predicted octanol–water partition coefficient (Wildman–Crippen LogP) is 0.339. The highest BCUT2D eigenvalue weighted by Gasteiger charge is 2.13. The van der Waals surface area contributed by atoms with E-state index < -0.39 is 0 Å². The number of nitrogens with zero attached hydrogens (tertiary/aromatic N) is 1. The number of nitrogens with one attached hydrogen (secondary N) is 1. The SMILES string of the molecule is COc1cc(N)ccc1C(=O)NCCN1CCOCC1. The highest BCUT2D eigenvalue weighted by molar-refractivity contribution is 5.97. The Balaban J connectivity index is 1.85. The molecule has 1 aromatic carbocycles. The van der Waals surface area contributed by atoms with Crippen molar-refractivity contribution in [1.29, 1.82) is 0 Å². The third-order valence-electron chi connectivity index (χ3n) is 3.29. The highest BCUT2D eigenvalue weighted by Crippen LogP contribution is 2.21. The number of nitrogen functional groups attached to an aromatic ring is 1. The van der Waals surface area contributed by atoms with Gasteiger partial charge in [0.2, 0.25) is 0 Å². The molecule has 6 heteroatoms. The largest absolute Gasteiger partial charge is 0.496 e. The predicted molar refractivity (Wildman–Crippen MR) is 77.0 cm³/mol. The Bertz CT molecular complexity index is 459. The summed E-state index contributed by atoms with van der Waals surface area (Å²) in [5, 5.41) is 2.90. The summed E-state index contributed by atoms with van der Waals surface area (Å²) in [5.41, 5.74) is 6.75. The van der Waals surface area contributed by atoms with E-state index >= 15 is 0 Å². The van der Waals surface area contributed by atoms with Crippen LogP contribution in [0.1, 0.15) is 10.4 Å². The number of hydrogen-bond acceptors (Lipinski definition) is 5. The molecule has 0 aromatic heterocycles. The van der Waals surface area contributed by atoms with Crippen LogP contribution in [-0.4, -0.2) is 57.3 Å². The quantitative estimate of drug-likeness (QED) is 0.760. The van der Waals surface area contributed by atoms with Gasteiger partial charge in [0.1, 0.15) is 5.75 Å². The van der Waals surface area contributed by atoms with Crippen LogP contribution in [0, 0.1) is 0 Å². The van der Waals surface area contributed by atoms with E-state index in [4.69, 9.17) is 15.2 Å². The van der Waals surface area contributed by atoms with Crippen LogP contribution in [0.15, 0.2) is 18.2 Å². The fraction of sp³-hybridized carbons (Fsp3) is 0.500. The van der Waals surface area contributed by atoms with Crippen molar-refractivity contribution >= 4 is 11.6 Å². The van der Waals surface area contributed by atoms with Crippen LogP contribution in [0.3, 0.4) is 0 Å². The van der Waals surface area contributed by atoms with Crippen molar-refractivity contribution in [2.45, 2.75) is 0 Å². The molecule has 20 heavy (non-hydrogen) atoms. The second-order valence-electron chi connectivity index (χ2n) is 4.67. The van der Waals surface area contributed by atoms with Crippen molar-refractivity contribution < 1.29 is 14.3 Å². The molecule has 0 aliphatic carbocycles. The minimum absolute atomic E-state index is 0.143. The molecule has 6 nitrogen and oxygen atoms in total. The topological polar surface area (TPSA) is 76.8 Å². The van der Waals surface area contributed by atoms with Crippen LogP contribution in [0.25, 0.3) is 0 Å². The summed E-state index contributed by atoms with van der Waals surface area (Å²) in [7, 11) is 1.53. The summed E-state index contributed by atoms with van der Waals surface area (Å²) in [4.78, 5) is 14.4. The van der Waals surface area contributed by atoms with Crippen molar-refractivity contribution in [2.75, 3.05) is 52.2 Å². The average molecular weight is 279 g/mol. The molecule has 0 unspecified atom stereocenters. The number of benzene rings is 1. The molecule has 1 aliphatic heterocycles. The Kier molecular flexibility index (Phi) is 5.20. The first kappa shape index (κ1) is 14.6. The first-order valence-corrected chi connectivity index (χ1v) is 6.72. The van der Waals surface area contributed by atoms with Gasteiger partial charge in [0.25, 0.3) is 5.91 Å². The molecule has 3 N–H and O–H groups in total. The fourth-order valence-electron chi connectivity index (χ4n) is 2.14. The highest BCUT2D eigenvalue weighted by atomic mass is 16.5. The Morgan fingerprint density at radius 3 is 2.90 bits per heavy atom. The standard InChI is InChI=1S/C14H21N3O3/c1-19-13-10-11(15)2-3-12(13)14(18)16-4-5-17-6-8-20-9-7-17/h2-3,10H,4-9,15H2,1H3,(H,16,18). The summed E-state index contributed by atoms with van der Waals surface area (Å²) < 4.78 is 10.5. The molecule has 0 bridgehead atoms. The zero-order valence-electron chi connectivity index (χ0n) is 11.7. The normalized spacial score (nSPS) is 15.8. The molecule has 0 spiro atoms. The third kappa shape index (κ3) is 3.85. The minimum atomic E-state index is -0.143. The molecule has 1 aliphatic rings. The summed E-state index contributed by atoms with van der Waals surface area (Å²) >= 11 is 0. The average Bonchev–Trinajstić information content (AvgIpc) is 2.48. The van der Waals surface area contributed by atoms with Gasteiger partial charge in [-0.15, -0.1) is 0 Å². The molecule has 1 heterocycles. The Morgan fingerprint density at radius 1 is 1.45 bits per heavy atom. The monoisotopic (exact) mass is 279 g/mol. The lowest BCUT2D eigenvalue weighted by Crippen LogP contribution is -2.41. The van der Waals surface area contributed by atoms with Crippen LogP contribution in [0.5, 0.6) is 5.75 Å². The van der Waals surface area contributed by atoms with Crippen molar-refractivity contribution in [3.63, 3.8) is 0 Å². The van der Waals surface area contributed by atoms with Crippen LogP contribution < -0.4 is 15.8 Å². The molecule has 1 saturated heterocycles. The molecule has 0 saturated carbocycles. The summed E-state index contributed by atoms with van der Waals surface area (Å²) in [6.07, 6.45) is 0. The van der Waals surface area contributed by atoms with Crippen molar-refractivity contribution in [3.05, 3.63) is 23.8 Å². The van der Waals surface area contributed by atoms with Gasteiger partial charge < -0.3 is 20.5 Å². The molecule has 1 fully saturated rings. The van der Waals surface area contributed by atoms with E-state index in [2.05, 4.69) is 10.2 Å². The van der Waals surface area contributed by atoms with E-state index in [0.29, 0.717) is 23.5 Å². The van der Waals surface area contributed by atoms with Gasteiger partial charge in [0.05, 0.1) is 25.9 Å². The van der Waals surface area contributed by atoms with E-state index in [9.17, 15) is 4.79 Å². The van der Waals surface area contributed by atoms with Gasteiger partial charge in [-0.2, -0.15) is 0 Å². The van der Waals surface area contributed by atoms with E-state index in [1.165, 1.54) is 7.11 Å². The summed E-state index contributed by atoms with van der Waals surface area (Å²) in [6, 6.07) is 5.02. The maximum atomic E-state index is 12.1. The number of morpholine rings is 1. The van der Waals surface area contributed by atoms with Crippen molar-refractivity contribution in [2.24, 2.45) is 0 Å². The molecule has 0 radical (unpaired) electrons. The van der Waals surface area contributed by atoms with Gasteiger partial charge in [-0.05, 0) is 12.1 Å². The van der Waals surface area contributed by atoms with Crippen LogP contribution >= 0.6 is 0 Å². The van der Waals surface area contributed by atoms with E-state index in [1.54, 1.807) is 18.2 Å². The molecule has 1 amide bonds. The smallest absolute Gasteiger partial charge is 0.255 e. The van der Waals surface area contributed by atoms with Gasteiger partial charge in [-0.25, -0.2) is 0 Å². The van der Waals surface area contributed by atoms with Crippen LogP contribution in [0.2, 0.25) is 0 Å². The number of anilines is 1. The molecule has 0 atom stereocenters. The zero-order chi connectivity index (χ0) is 14.4. The second kappa shape index (κ2) is 7.12. The minimum Gasteiger partial charge on any atom is -0.496 e. The Hall–Kier alpha value is -1.79. The molecule has 110 valence electrons. The third-order valence-corrected chi connectivity index (χ3v) is 3.29. The van der Waals surface area contributed by atoms with E-state index in [0.717, 1.165) is 32.8 Å². The van der Waals surface area contributed by atoms with Crippen molar-refractivity contribution in [1.82, 2.24) is 10.2 Å². The van der Waals surface area contributed by atoms with E-state index in [1.807, 2.05) is 0 Å². The Morgan fingerprint density at radius 2 is 2.20 bits per heavy atom. The number of methoxy groups -OCH3 is 1. The lowest BCUT2D eigenvalue weighted by atomic mass is 10.1. The van der Waals surface area contributed by atoms with Gasteiger partial charge >= 0.3 is 0 Å². The number of amides is 1. The van der Waals surface area contributed by atoms with E-state index in [-0.39, 0.29) is 5.91 Å². The number of ether oxygens (including phenoxy) is 2. The number of carbonyl (C=O) groups excluding carboxylic acids is 1. The van der Waals surface area contributed by atoms with Gasteiger partial charge in [0.15, 0.2) is 0 Å². The fourth-order valence-corrected chi connectivity index (χ4v) is 2.14. The number of carbonyl (C=O) groups is 1. The first-order chi connectivity index (χ1) is 9.70. The maximum absolute atomic E-state index is 12.1. The second-order valence-corrected chi connectivity index (χ2v) is 4.67. The lowest BCUT2D eigenvalue weighted by molar-refractivity contribution is 0.0383. The van der Waals surface area contributed by atoms with Gasteiger partial charge in [-0.1, -0.05) is 0 Å². The van der Waals surface area contributed by atoms with Gasteiger partial charge in [-0.3, -0.25) is 9.69 Å².